The van der Waals surface area contributed by atoms with E-state index in [1.807, 2.05) is 63.2 Å². The quantitative estimate of drug-likeness (QED) is 0.242. The highest BCUT2D eigenvalue weighted by Gasteiger charge is 2.26. The average molecular weight is 513 g/mol. The van der Waals surface area contributed by atoms with Crippen LogP contribution in [0.5, 0.6) is 0 Å². The number of carbonyl (C=O) groups is 1. The Morgan fingerprint density at radius 2 is 1.92 bits per heavy atom. The SMILES string of the molecule is CCN(Cc1cccc(N=O)c1)C(=O)C(Nc1ccc2cc[nH]c(=O)c2c1)c1ccc([C@@H](C)CO)c(C)c1. The minimum Gasteiger partial charge on any atom is -0.396 e. The van der Waals surface area contributed by atoms with E-state index in [0.717, 1.165) is 27.6 Å². The summed E-state index contributed by atoms with van der Waals surface area (Å²) in [5, 5.41) is 17.3. The van der Waals surface area contributed by atoms with Gasteiger partial charge in [-0.2, -0.15) is 0 Å². The highest BCUT2D eigenvalue weighted by molar-refractivity contribution is 5.89. The number of aromatic nitrogens is 1. The number of nitrogens with one attached hydrogen (secondary N) is 2. The summed E-state index contributed by atoms with van der Waals surface area (Å²) in [7, 11) is 0. The second-order valence-corrected chi connectivity index (χ2v) is 9.50. The van der Waals surface area contributed by atoms with Gasteiger partial charge in [-0.25, -0.2) is 0 Å². The molecule has 0 fully saturated rings. The zero-order valence-electron chi connectivity index (χ0n) is 21.8. The van der Waals surface area contributed by atoms with E-state index < -0.39 is 6.04 Å². The Hall–Kier alpha value is -4.30. The predicted octanol–water partition coefficient (Wildman–Crippen LogP) is 5.53. The number of nitrogens with zero attached hydrogens (tertiary/aromatic N) is 2. The van der Waals surface area contributed by atoms with Crippen molar-refractivity contribution in [2.75, 3.05) is 18.5 Å². The smallest absolute Gasteiger partial charge is 0.255 e. The van der Waals surface area contributed by atoms with Gasteiger partial charge in [0.1, 0.15) is 11.7 Å². The predicted molar refractivity (Wildman–Crippen MR) is 151 cm³/mol. The van der Waals surface area contributed by atoms with Crippen molar-refractivity contribution in [1.29, 1.82) is 0 Å². The van der Waals surface area contributed by atoms with Crippen LogP contribution in [0.3, 0.4) is 0 Å². The lowest BCUT2D eigenvalue weighted by Crippen LogP contribution is -2.37. The molecular formula is C30H32N4O4. The van der Waals surface area contributed by atoms with E-state index in [1.54, 1.807) is 35.4 Å². The molecule has 1 heterocycles. The van der Waals surface area contributed by atoms with Gasteiger partial charge in [0.15, 0.2) is 0 Å². The van der Waals surface area contributed by atoms with Gasteiger partial charge in [0, 0.05) is 42.9 Å². The first-order valence-corrected chi connectivity index (χ1v) is 12.6. The molecule has 38 heavy (non-hydrogen) atoms. The third-order valence-corrected chi connectivity index (χ3v) is 6.85. The number of aliphatic hydroxyl groups is 1. The zero-order chi connectivity index (χ0) is 27.2. The van der Waals surface area contributed by atoms with E-state index in [2.05, 4.69) is 15.5 Å². The molecule has 3 aromatic carbocycles. The summed E-state index contributed by atoms with van der Waals surface area (Å²) in [6, 6.07) is 19.3. The number of rotatable bonds is 10. The fraction of sp³-hybridized carbons (Fsp3) is 0.267. The molecule has 1 amide bonds. The summed E-state index contributed by atoms with van der Waals surface area (Å²) < 4.78 is 0. The third kappa shape index (κ3) is 5.81. The Kier molecular flexibility index (Phi) is 8.33. The van der Waals surface area contributed by atoms with Crippen molar-refractivity contribution in [3.63, 3.8) is 0 Å². The maximum Gasteiger partial charge on any atom is 0.255 e. The third-order valence-electron chi connectivity index (χ3n) is 6.85. The molecule has 196 valence electrons. The number of amides is 1. The molecule has 0 aliphatic rings. The van der Waals surface area contributed by atoms with Gasteiger partial charge in [0.05, 0.1) is 0 Å². The number of aliphatic hydroxyl groups excluding tert-OH is 1. The number of benzene rings is 3. The molecule has 1 unspecified atom stereocenters. The second-order valence-electron chi connectivity index (χ2n) is 9.50. The summed E-state index contributed by atoms with van der Waals surface area (Å²) in [6.45, 7) is 6.63. The minimum atomic E-state index is -0.736. The molecule has 0 radical (unpaired) electrons. The summed E-state index contributed by atoms with van der Waals surface area (Å²) in [5.41, 5.74) is 4.32. The zero-order valence-corrected chi connectivity index (χ0v) is 21.8. The van der Waals surface area contributed by atoms with Crippen LogP contribution in [0.4, 0.5) is 11.4 Å². The molecule has 0 aliphatic heterocycles. The van der Waals surface area contributed by atoms with E-state index in [4.69, 9.17) is 0 Å². The average Bonchev–Trinajstić information content (AvgIpc) is 2.94. The first-order chi connectivity index (χ1) is 18.3. The standard InChI is InChI=1S/C30H32N4O4/c1-4-34(17-21-6-5-7-25(15-21)33-38)30(37)28(23-9-11-26(19(2)14-23)20(3)18-35)32-24-10-8-22-12-13-31-29(36)27(22)16-24/h5-16,20,28,32,35H,4,17-18H2,1-3H3,(H,31,36)/t20-,28?/m0/s1. The van der Waals surface area contributed by atoms with Crippen LogP contribution in [-0.2, 0) is 11.3 Å². The number of carbonyl (C=O) groups excluding carboxylic acids is 1. The Morgan fingerprint density at radius 1 is 1.11 bits per heavy atom. The van der Waals surface area contributed by atoms with Crippen LogP contribution in [0.25, 0.3) is 10.8 Å². The molecule has 0 aliphatic carbocycles. The van der Waals surface area contributed by atoms with Gasteiger partial charge in [-0.3, -0.25) is 9.59 Å². The highest BCUT2D eigenvalue weighted by Crippen LogP contribution is 2.28. The molecule has 4 aromatic rings. The molecule has 8 heteroatoms. The maximum absolute atomic E-state index is 14.0. The number of likely N-dealkylation sites (N-methyl/N-ethyl adjacent to an activating group) is 1. The molecule has 2 atom stereocenters. The van der Waals surface area contributed by atoms with Crippen LogP contribution in [0.15, 0.2) is 82.9 Å². The number of hydrogen-bond acceptors (Lipinski definition) is 6. The van der Waals surface area contributed by atoms with Crippen LogP contribution >= 0.6 is 0 Å². The Balaban J connectivity index is 1.73. The first-order valence-electron chi connectivity index (χ1n) is 12.6. The van der Waals surface area contributed by atoms with Crippen molar-refractivity contribution < 1.29 is 9.90 Å². The fourth-order valence-corrected chi connectivity index (χ4v) is 4.72. The summed E-state index contributed by atoms with van der Waals surface area (Å²) in [6.07, 6.45) is 1.61. The van der Waals surface area contributed by atoms with Crippen LogP contribution in [0.1, 0.15) is 48.1 Å². The molecule has 0 bridgehead atoms. The van der Waals surface area contributed by atoms with Crippen LogP contribution in [-0.4, -0.2) is 34.0 Å². The second kappa shape index (κ2) is 11.8. The Labute approximate surface area is 221 Å². The molecule has 1 aromatic heterocycles. The van der Waals surface area contributed by atoms with Crippen LogP contribution < -0.4 is 10.9 Å². The Morgan fingerprint density at radius 3 is 2.63 bits per heavy atom. The van der Waals surface area contributed by atoms with Crippen molar-refractivity contribution >= 4 is 28.1 Å². The van der Waals surface area contributed by atoms with Gasteiger partial charge in [-0.15, -0.1) is 4.91 Å². The van der Waals surface area contributed by atoms with Crippen LogP contribution in [0, 0.1) is 11.8 Å². The van der Waals surface area contributed by atoms with E-state index >= 15 is 0 Å². The molecule has 3 N–H and O–H groups in total. The van der Waals surface area contributed by atoms with E-state index in [-0.39, 0.29) is 24.0 Å². The first kappa shape index (κ1) is 26.8. The largest absolute Gasteiger partial charge is 0.396 e. The number of pyridine rings is 1. The van der Waals surface area contributed by atoms with Gasteiger partial charge in [-0.1, -0.05) is 43.3 Å². The topological polar surface area (TPSA) is 115 Å². The lowest BCUT2D eigenvalue weighted by atomic mass is 9.93. The summed E-state index contributed by atoms with van der Waals surface area (Å²) in [5.74, 6) is -0.175. The molecule has 0 spiro atoms. The van der Waals surface area contributed by atoms with Gasteiger partial charge in [0.2, 0.25) is 5.91 Å². The molecule has 0 saturated heterocycles. The van der Waals surface area contributed by atoms with Crippen molar-refractivity contribution in [3.05, 3.63) is 110 Å². The van der Waals surface area contributed by atoms with Gasteiger partial charge in [0.25, 0.3) is 5.56 Å². The maximum atomic E-state index is 14.0. The molecule has 8 nitrogen and oxygen atoms in total. The number of hydrogen-bond donors (Lipinski definition) is 3. The fourth-order valence-electron chi connectivity index (χ4n) is 4.72. The number of H-pyrrole nitrogens is 1. The lowest BCUT2D eigenvalue weighted by molar-refractivity contribution is -0.132. The number of aryl methyl sites for hydroxylation is 1. The molecular weight excluding hydrogens is 480 g/mol. The van der Waals surface area contributed by atoms with E-state index in [1.165, 1.54) is 0 Å². The van der Waals surface area contributed by atoms with Gasteiger partial charge >= 0.3 is 0 Å². The monoisotopic (exact) mass is 512 g/mol. The van der Waals surface area contributed by atoms with Gasteiger partial charge < -0.3 is 20.3 Å². The number of fused-ring (bicyclic) bond motifs is 1. The number of nitroso groups, excluding NO2 is 1. The van der Waals surface area contributed by atoms with Crippen LogP contribution in [0.2, 0.25) is 0 Å². The number of aromatic amines is 1. The van der Waals surface area contributed by atoms with Gasteiger partial charge in [-0.05, 0) is 77.0 Å². The Bertz CT molecular complexity index is 1510. The lowest BCUT2D eigenvalue weighted by Gasteiger charge is -2.29. The van der Waals surface area contributed by atoms with Crippen molar-refractivity contribution in [2.45, 2.75) is 39.3 Å². The summed E-state index contributed by atoms with van der Waals surface area (Å²) in [4.78, 5) is 41.8. The van der Waals surface area contributed by atoms with E-state index in [0.29, 0.717) is 29.9 Å². The highest BCUT2D eigenvalue weighted by atomic mass is 16.3. The molecule has 4 rings (SSSR count). The van der Waals surface area contributed by atoms with Crippen molar-refractivity contribution in [2.24, 2.45) is 5.18 Å². The normalized spacial score (nSPS) is 12.6. The minimum absolute atomic E-state index is 0.0239. The van der Waals surface area contributed by atoms with E-state index in [9.17, 15) is 19.6 Å². The molecule has 0 saturated carbocycles. The van der Waals surface area contributed by atoms with Crippen molar-refractivity contribution in [3.8, 4) is 0 Å². The number of anilines is 1. The van der Waals surface area contributed by atoms with Crippen molar-refractivity contribution in [1.82, 2.24) is 9.88 Å². The summed E-state index contributed by atoms with van der Waals surface area (Å²) >= 11 is 0.